The lowest BCUT2D eigenvalue weighted by Crippen LogP contribution is -1.69. The number of halogens is 1. The predicted octanol–water partition coefficient (Wildman–Crippen LogP) is 3.04. The molecule has 0 unspecified atom stereocenters. The number of fused-ring (bicyclic) bond motifs is 1. The molecule has 0 aromatic carbocycles. The van der Waals surface area contributed by atoms with Crippen LogP contribution in [0, 0.1) is 0 Å². The van der Waals surface area contributed by atoms with E-state index in [1.165, 1.54) is 0 Å². The van der Waals surface area contributed by atoms with Crippen LogP contribution in [-0.4, -0.2) is 0 Å². The summed E-state index contributed by atoms with van der Waals surface area (Å²) in [6, 6.07) is 5.72. The monoisotopic (exact) mass is 152 g/mol. The summed E-state index contributed by atoms with van der Waals surface area (Å²) in [5.74, 6) is 0. The van der Waals surface area contributed by atoms with Gasteiger partial charge in [0.1, 0.15) is 0 Å². The zero-order valence-electron chi connectivity index (χ0n) is 5.17. The molecule has 0 saturated carbocycles. The molecule has 2 aliphatic rings. The van der Waals surface area contributed by atoms with E-state index in [9.17, 15) is 0 Å². The maximum Gasteiger partial charge on any atom is 0.0994 e. The second kappa shape index (κ2) is 2.03. The third kappa shape index (κ3) is 0.711. The summed E-state index contributed by atoms with van der Waals surface area (Å²) in [6.45, 7) is 0. The highest BCUT2D eigenvalue weighted by atomic mass is 35.5. The van der Waals surface area contributed by atoms with Gasteiger partial charge in [0.15, 0.2) is 0 Å². The summed E-state index contributed by atoms with van der Waals surface area (Å²) in [7, 11) is 0. The van der Waals surface area contributed by atoms with Crippen molar-refractivity contribution in [3.8, 4) is 11.1 Å². The van der Waals surface area contributed by atoms with E-state index < -0.39 is 0 Å². The Morgan fingerprint density at radius 1 is 1.20 bits per heavy atom. The van der Waals surface area contributed by atoms with Crippen LogP contribution in [0.3, 0.4) is 0 Å². The molecule has 0 radical (unpaired) electrons. The average Bonchev–Trinajstić information content (AvgIpc) is 2.34. The molecule has 2 heteroatoms. The van der Waals surface area contributed by atoms with Crippen molar-refractivity contribution in [3.63, 3.8) is 0 Å². The maximum absolute atomic E-state index is 5.81. The summed E-state index contributed by atoms with van der Waals surface area (Å²) in [4.78, 5) is 0. The van der Waals surface area contributed by atoms with Gasteiger partial charge in [0.05, 0.1) is 17.5 Å². The summed E-state index contributed by atoms with van der Waals surface area (Å²) < 4.78 is 4.95. The Morgan fingerprint density at radius 3 is 2.90 bits per heavy atom. The molecule has 0 saturated heterocycles. The van der Waals surface area contributed by atoms with Gasteiger partial charge in [-0.1, -0.05) is 17.7 Å². The van der Waals surface area contributed by atoms with Crippen molar-refractivity contribution >= 4 is 11.6 Å². The van der Waals surface area contributed by atoms with Crippen LogP contribution in [0.25, 0.3) is 11.1 Å². The Balaban J connectivity index is 2.78. The fourth-order valence-corrected chi connectivity index (χ4v) is 1.19. The van der Waals surface area contributed by atoms with Crippen LogP contribution in [0.5, 0.6) is 0 Å². The van der Waals surface area contributed by atoms with E-state index in [0.717, 1.165) is 16.1 Å². The molecule has 1 heterocycles. The van der Waals surface area contributed by atoms with Gasteiger partial charge in [-0.3, -0.25) is 0 Å². The summed E-state index contributed by atoms with van der Waals surface area (Å²) in [6.07, 6.45) is 3.29. The smallest absolute Gasteiger partial charge is 0.0994 e. The first-order valence-corrected chi connectivity index (χ1v) is 3.36. The molecule has 0 bridgehead atoms. The van der Waals surface area contributed by atoms with Crippen molar-refractivity contribution in [2.24, 2.45) is 0 Å². The van der Waals surface area contributed by atoms with Gasteiger partial charge in [-0.2, -0.15) is 0 Å². The second-order valence-corrected chi connectivity index (χ2v) is 2.51. The van der Waals surface area contributed by atoms with Gasteiger partial charge in [0.2, 0.25) is 0 Å². The topological polar surface area (TPSA) is 13.1 Å². The van der Waals surface area contributed by atoms with Gasteiger partial charge in [-0.25, -0.2) is 0 Å². The first kappa shape index (κ1) is 5.81. The average molecular weight is 153 g/mol. The Hall–Kier alpha value is -0.950. The molecule has 10 heavy (non-hydrogen) atoms. The highest BCUT2D eigenvalue weighted by Gasteiger charge is 2.05. The molecular formula is C8H5ClO. The molecule has 0 spiro atoms. The highest BCUT2D eigenvalue weighted by Crippen LogP contribution is 2.30. The van der Waals surface area contributed by atoms with Crippen molar-refractivity contribution in [2.45, 2.75) is 0 Å². The summed E-state index contributed by atoms with van der Waals surface area (Å²) in [5, 5.41) is 0.749. The van der Waals surface area contributed by atoms with Crippen LogP contribution in [0.1, 0.15) is 0 Å². The van der Waals surface area contributed by atoms with E-state index in [-0.39, 0.29) is 0 Å². The molecule has 1 nitrogen and oxygen atoms in total. The van der Waals surface area contributed by atoms with Crippen molar-refractivity contribution in [1.29, 1.82) is 0 Å². The lowest BCUT2D eigenvalue weighted by molar-refractivity contribution is 0.552. The minimum Gasteiger partial charge on any atom is -0.472 e. The van der Waals surface area contributed by atoms with E-state index in [4.69, 9.17) is 16.0 Å². The highest BCUT2D eigenvalue weighted by molar-refractivity contribution is 6.33. The van der Waals surface area contributed by atoms with Gasteiger partial charge < -0.3 is 4.42 Å². The Labute approximate surface area is 63.6 Å². The van der Waals surface area contributed by atoms with Gasteiger partial charge in [-0.05, 0) is 17.7 Å². The van der Waals surface area contributed by atoms with Gasteiger partial charge in [0, 0.05) is 5.56 Å². The van der Waals surface area contributed by atoms with Crippen LogP contribution in [-0.2, 0) is 0 Å². The Kier molecular flexibility index (Phi) is 1.18. The van der Waals surface area contributed by atoms with Crippen LogP contribution in [0.15, 0.2) is 35.1 Å². The largest absolute Gasteiger partial charge is 0.472 e. The minimum atomic E-state index is 0.749. The first-order valence-electron chi connectivity index (χ1n) is 2.98. The third-order valence-corrected chi connectivity index (χ3v) is 1.82. The van der Waals surface area contributed by atoms with Crippen LogP contribution in [0.2, 0.25) is 5.02 Å². The fourth-order valence-electron chi connectivity index (χ4n) is 0.970. The molecule has 0 aromatic heterocycles. The molecule has 0 N–H and O–H groups in total. The molecule has 1 aliphatic carbocycles. The predicted molar refractivity (Wildman–Crippen MR) is 40.3 cm³/mol. The van der Waals surface area contributed by atoms with Crippen LogP contribution < -0.4 is 0 Å². The zero-order chi connectivity index (χ0) is 6.97. The van der Waals surface area contributed by atoms with Crippen LogP contribution >= 0.6 is 11.6 Å². The van der Waals surface area contributed by atoms with Crippen molar-refractivity contribution < 1.29 is 4.42 Å². The molecule has 0 atom stereocenters. The molecule has 1 aliphatic heterocycles. The fraction of sp³-hybridized carbons (Fsp3) is 0. The standard InChI is InChI=1S/C8H5ClO/c9-8-2-1-6-3-4-10-5-7(6)8/h1-5H. The maximum atomic E-state index is 5.81. The summed E-state index contributed by atoms with van der Waals surface area (Å²) >= 11 is 5.81. The van der Waals surface area contributed by atoms with Gasteiger partial charge in [-0.15, -0.1) is 0 Å². The Bertz CT molecular complexity index is 313. The van der Waals surface area contributed by atoms with Gasteiger partial charge >= 0.3 is 0 Å². The van der Waals surface area contributed by atoms with E-state index in [1.807, 2.05) is 18.2 Å². The SMILES string of the molecule is Clc1ccc2ccocc1-2. The van der Waals surface area contributed by atoms with E-state index >= 15 is 0 Å². The number of hydrogen-bond donors (Lipinski definition) is 0. The van der Waals surface area contributed by atoms with Crippen LogP contribution in [0.4, 0.5) is 0 Å². The molecule has 2 rings (SSSR count). The molecule has 0 fully saturated rings. The summed E-state index contributed by atoms with van der Waals surface area (Å²) in [5.41, 5.74) is 2.10. The Morgan fingerprint density at radius 2 is 2.10 bits per heavy atom. The van der Waals surface area contributed by atoms with E-state index in [0.29, 0.717) is 0 Å². The molecular weight excluding hydrogens is 148 g/mol. The normalized spacial score (nSPS) is 10.5. The lowest BCUT2D eigenvalue weighted by atomic mass is 10.2. The number of rotatable bonds is 0. The number of hydrogen-bond acceptors (Lipinski definition) is 1. The van der Waals surface area contributed by atoms with Crippen molar-refractivity contribution in [2.75, 3.05) is 0 Å². The molecule has 0 amide bonds. The zero-order valence-corrected chi connectivity index (χ0v) is 5.93. The second-order valence-electron chi connectivity index (χ2n) is 2.11. The van der Waals surface area contributed by atoms with E-state index in [2.05, 4.69) is 0 Å². The minimum absolute atomic E-state index is 0.749. The van der Waals surface area contributed by atoms with E-state index in [1.54, 1.807) is 12.5 Å². The van der Waals surface area contributed by atoms with Crippen molar-refractivity contribution in [3.05, 3.63) is 35.7 Å². The lowest BCUT2D eigenvalue weighted by Gasteiger charge is -1.94. The quantitative estimate of drug-likeness (QED) is 0.566. The first-order chi connectivity index (χ1) is 4.88. The van der Waals surface area contributed by atoms with Crippen molar-refractivity contribution in [1.82, 2.24) is 0 Å². The van der Waals surface area contributed by atoms with Gasteiger partial charge in [0.25, 0.3) is 0 Å². The third-order valence-electron chi connectivity index (χ3n) is 1.49. The molecule has 50 valence electrons. The molecule has 0 aromatic rings.